The van der Waals surface area contributed by atoms with Crippen molar-refractivity contribution in [1.29, 1.82) is 0 Å². The summed E-state index contributed by atoms with van der Waals surface area (Å²) in [4.78, 5) is 107. The number of esters is 8. The fourth-order valence-electron chi connectivity index (χ4n) is 9.15. The van der Waals surface area contributed by atoms with E-state index in [1.807, 2.05) is 30.7 Å². The summed E-state index contributed by atoms with van der Waals surface area (Å²) in [6, 6.07) is 0. The van der Waals surface area contributed by atoms with Gasteiger partial charge in [0.05, 0.1) is 49.4 Å². The van der Waals surface area contributed by atoms with Crippen LogP contribution in [0.1, 0.15) is 208 Å². The number of nitrogens with zero attached hydrogens (tertiary/aromatic N) is 3. The molecule has 0 amide bonds. The maximum atomic E-state index is 13.0. The average Bonchev–Trinajstić information content (AvgIpc) is 3.66. The smallest absolute Gasteiger partial charge is 0.309 e. The normalized spacial score (nSPS) is 12.8. The Kier molecular flexibility index (Phi) is 60.1. The lowest BCUT2D eigenvalue weighted by Gasteiger charge is -2.25. The Labute approximate surface area is 563 Å². The number of thioether (sulfide) groups is 2. The van der Waals surface area contributed by atoms with Crippen LogP contribution >= 0.6 is 48.8 Å². The molecule has 4 unspecified atom stereocenters. The Hall–Kier alpha value is -2.96. The Morgan fingerprint density at radius 2 is 0.567 bits per heavy atom. The summed E-state index contributed by atoms with van der Waals surface area (Å²) in [5.41, 5.74) is 0. The molecule has 0 aromatic rings. The number of thiol groups is 2. The van der Waals surface area contributed by atoms with Gasteiger partial charge in [-0.25, -0.2) is 0 Å². The first kappa shape index (κ1) is 87.0. The molecule has 526 valence electrons. The zero-order valence-electron chi connectivity index (χ0n) is 56.8. The minimum atomic E-state index is -0.476. The van der Waals surface area contributed by atoms with Crippen molar-refractivity contribution in [3.8, 4) is 0 Å². The Bertz CT molecular complexity index is 1730. The summed E-state index contributed by atoms with van der Waals surface area (Å²) >= 11 is 11.8. The monoisotopic (exact) mass is 1350 g/mol. The van der Waals surface area contributed by atoms with Gasteiger partial charge in [-0.3, -0.25) is 38.4 Å². The van der Waals surface area contributed by atoms with Crippen molar-refractivity contribution in [3.63, 3.8) is 0 Å². The number of carbonyl (C=O) groups is 8. The van der Waals surface area contributed by atoms with Gasteiger partial charge in [-0.2, -0.15) is 48.8 Å². The molecule has 0 aliphatic carbocycles. The van der Waals surface area contributed by atoms with Gasteiger partial charge in [-0.15, -0.1) is 0 Å². The first-order chi connectivity index (χ1) is 43.5. The second-order valence-corrected chi connectivity index (χ2v) is 26.8. The standard InChI is InChI=1S/C67H123N3O16S4/c1-8-10-12-14-16-18-20-22-24-26-50-89-54-58(5)66(77)85-48-44-81-62(73)32-40-70(41-33-63(74)82-45-49-86-67(78)59(6)55-90-51-27-25-23-21-19-17-15-13-11-9-2)37-29-35-68(7)34-28-36-69(38-30-60(71)79-42-46-83-64(75)56(3)52-87)39-31-61(72)80-43-47-84-65(76)57(4)53-88/h56-59,87-88H,8-55H2,1-7H3. The van der Waals surface area contributed by atoms with Crippen molar-refractivity contribution in [1.82, 2.24) is 14.7 Å². The summed E-state index contributed by atoms with van der Waals surface area (Å²) in [5.74, 6) is -0.523. The molecule has 0 aliphatic rings. The highest BCUT2D eigenvalue weighted by molar-refractivity contribution is 7.99. The zero-order valence-corrected chi connectivity index (χ0v) is 60.3. The van der Waals surface area contributed by atoms with E-state index in [1.165, 1.54) is 116 Å². The van der Waals surface area contributed by atoms with E-state index in [1.54, 1.807) is 37.4 Å². The van der Waals surface area contributed by atoms with Gasteiger partial charge in [0.2, 0.25) is 0 Å². The first-order valence-corrected chi connectivity index (χ1v) is 37.8. The Balaban J connectivity index is 5.28. The van der Waals surface area contributed by atoms with E-state index < -0.39 is 35.8 Å². The molecule has 0 N–H and O–H groups in total. The Morgan fingerprint density at radius 1 is 0.322 bits per heavy atom. The lowest BCUT2D eigenvalue weighted by Crippen LogP contribution is -2.34. The molecule has 0 aliphatic heterocycles. The van der Waals surface area contributed by atoms with Gasteiger partial charge in [-0.05, 0) is 70.4 Å². The number of ether oxygens (including phenoxy) is 8. The highest BCUT2D eigenvalue weighted by atomic mass is 32.2. The largest absolute Gasteiger partial charge is 0.462 e. The van der Waals surface area contributed by atoms with Crippen LogP contribution in [0.15, 0.2) is 0 Å². The van der Waals surface area contributed by atoms with Gasteiger partial charge >= 0.3 is 47.8 Å². The predicted molar refractivity (Wildman–Crippen MR) is 368 cm³/mol. The van der Waals surface area contributed by atoms with Crippen LogP contribution in [0, 0.1) is 23.7 Å². The molecule has 0 saturated carbocycles. The third-order valence-corrected chi connectivity index (χ3v) is 18.8. The van der Waals surface area contributed by atoms with Gasteiger partial charge in [-0.1, -0.05) is 157 Å². The van der Waals surface area contributed by atoms with Crippen LogP contribution in [-0.2, 0) is 76.3 Å². The second kappa shape index (κ2) is 62.2. The van der Waals surface area contributed by atoms with E-state index in [-0.39, 0.29) is 114 Å². The van der Waals surface area contributed by atoms with Crippen LogP contribution in [0.3, 0.4) is 0 Å². The number of rotatable bonds is 64. The third kappa shape index (κ3) is 54.4. The molecule has 0 radical (unpaired) electrons. The molecule has 4 atom stereocenters. The van der Waals surface area contributed by atoms with Gasteiger partial charge in [0, 0.05) is 49.2 Å². The van der Waals surface area contributed by atoms with Crippen LogP contribution < -0.4 is 0 Å². The molecule has 19 nitrogen and oxygen atoms in total. The van der Waals surface area contributed by atoms with Crippen molar-refractivity contribution in [2.75, 3.05) is 147 Å². The van der Waals surface area contributed by atoms with E-state index in [0.717, 1.165) is 24.3 Å². The SMILES string of the molecule is CCCCCCCCCCCCSCC(C)C(=O)OCCOC(=O)CCN(CCCN(C)CCCN(CCC(=O)OCCOC(=O)C(C)CS)CCC(=O)OCCOC(=O)C(C)CS)CCC(=O)OCCOC(=O)C(C)CSCCCCCCCCCCCC. The van der Waals surface area contributed by atoms with Crippen LogP contribution in [0.2, 0.25) is 0 Å². The molecule has 0 aromatic heterocycles. The van der Waals surface area contributed by atoms with E-state index in [4.69, 9.17) is 37.9 Å². The summed E-state index contributed by atoms with van der Waals surface area (Å²) in [6.07, 6.45) is 27.3. The van der Waals surface area contributed by atoms with Crippen molar-refractivity contribution in [3.05, 3.63) is 0 Å². The predicted octanol–water partition coefficient (Wildman–Crippen LogP) is 11.9. The van der Waals surface area contributed by atoms with Crippen molar-refractivity contribution >= 4 is 96.5 Å². The number of unbranched alkanes of at least 4 members (excludes halogenated alkanes) is 18. The minimum absolute atomic E-state index is 0.0308. The maximum Gasteiger partial charge on any atom is 0.309 e. The molecule has 0 aromatic carbocycles. The molecule has 90 heavy (non-hydrogen) atoms. The van der Waals surface area contributed by atoms with E-state index >= 15 is 0 Å². The Morgan fingerprint density at radius 3 is 0.833 bits per heavy atom. The number of hydrogen-bond acceptors (Lipinski definition) is 23. The van der Waals surface area contributed by atoms with Crippen LogP contribution in [0.4, 0.5) is 0 Å². The summed E-state index contributed by atoms with van der Waals surface area (Å²) in [6.45, 7) is 14.8. The lowest BCUT2D eigenvalue weighted by atomic mass is 10.1. The van der Waals surface area contributed by atoms with Crippen LogP contribution in [0.25, 0.3) is 0 Å². The summed E-state index contributed by atoms with van der Waals surface area (Å²) in [5, 5.41) is 0. The molecule has 23 heteroatoms. The van der Waals surface area contributed by atoms with Crippen LogP contribution in [0.5, 0.6) is 0 Å². The third-order valence-electron chi connectivity index (χ3n) is 15.1. The topological polar surface area (TPSA) is 220 Å². The molecule has 0 saturated heterocycles. The highest BCUT2D eigenvalue weighted by Crippen LogP contribution is 2.18. The van der Waals surface area contributed by atoms with Gasteiger partial charge < -0.3 is 52.6 Å². The van der Waals surface area contributed by atoms with E-state index in [0.29, 0.717) is 88.2 Å². The fourth-order valence-corrected chi connectivity index (χ4v) is 11.6. The lowest BCUT2D eigenvalue weighted by molar-refractivity contribution is -0.154. The van der Waals surface area contributed by atoms with Crippen molar-refractivity contribution in [2.24, 2.45) is 23.7 Å². The quantitative estimate of drug-likeness (QED) is 0.0250. The molecule has 0 heterocycles. The molecule has 0 rings (SSSR count). The van der Waals surface area contributed by atoms with Gasteiger partial charge in [0.15, 0.2) is 0 Å². The highest BCUT2D eigenvalue weighted by Gasteiger charge is 2.20. The maximum absolute atomic E-state index is 13.0. The van der Waals surface area contributed by atoms with Crippen LogP contribution in [-0.4, -0.2) is 209 Å². The molecular weight excluding hydrogens is 1230 g/mol. The average molecular weight is 1350 g/mol. The second-order valence-electron chi connectivity index (χ2n) is 23.7. The molecule has 0 spiro atoms. The summed E-state index contributed by atoms with van der Waals surface area (Å²) in [7, 11) is 1.99. The van der Waals surface area contributed by atoms with Crippen molar-refractivity contribution < 1.29 is 76.3 Å². The van der Waals surface area contributed by atoms with E-state index in [2.05, 4.69) is 44.0 Å². The van der Waals surface area contributed by atoms with E-state index in [9.17, 15) is 38.4 Å². The minimum Gasteiger partial charge on any atom is -0.462 e. The molecule has 0 bridgehead atoms. The van der Waals surface area contributed by atoms with Gasteiger partial charge in [0.25, 0.3) is 0 Å². The molecular formula is C67H123N3O16S4. The summed E-state index contributed by atoms with van der Waals surface area (Å²) < 4.78 is 42.7. The van der Waals surface area contributed by atoms with Crippen molar-refractivity contribution in [2.45, 2.75) is 208 Å². The zero-order chi connectivity index (χ0) is 66.7. The number of hydrogen-bond donors (Lipinski definition) is 2. The van der Waals surface area contributed by atoms with Gasteiger partial charge in [0.1, 0.15) is 52.9 Å². The first-order valence-electron chi connectivity index (χ1n) is 34.3. The molecule has 0 fully saturated rings. The number of carbonyl (C=O) groups excluding carboxylic acids is 8. The fraction of sp³-hybridized carbons (Fsp3) is 0.881.